The molecule has 0 unspecified atom stereocenters. The van der Waals surface area contributed by atoms with Gasteiger partial charge >= 0.3 is 0 Å². The van der Waals surface area contributed by atoms with Crippen molar-refractivity contribution in [3.63, 3.8) is 0 Å². The molecule has 1 aromatic carbocycles. The number of ether oxygens (including phenoxy) is 2. The summed E-state index contributed by atoms with van der Waals surface area (Å²) in [7, 11) is 1.65. The zero-order chi connectivity index (χ0) is 13.8. The van der Waals surface area contributed by atoms with Crippen LogP contribution in [0.15, 0.2) is 27.7 Å². The van der Waals surface area contributed by atoms with Gasteiger partial charge in [-0.3, -0.25) is 0 Å². The molecule has 1 aliphatic carbocycles. The molecular formula is C14H17Br2NO2. The van der Waals surface area contributed by atoms with E-state index in [4.69, 9.17) is 9.47 Å². The standard InChI is InChI=1S/C14H17Br2NO2/c1-9(15)8-19-14-12(16)5-10(6-13(14)18-2)7-17-11-3-4-11/h5-6,11,17H,1,3-4,7-8H2,2H3. The molecule has 3 nitrogen and oxygen atoms in total. The van der Waals surface area contributed by atoms with Crippen LogP contribution in [0.2, 0.25) is 0 Å². The molecule has 0 aliphatic heterocycles. The van der Waals surface area contributed by atoms with Crippen LogP contribution in [0.5, 0.6) is 11.5 Å². The third kappa shape index (κ3) is 4.51. The van der Waals surface area contributed by atoms with Crippen LogP contribution in [-0.4, -0.2) is 19.8 Å². The molecule has 1 N–H and O–H groups in total. The van der Waals surface area contributed by atoms with E-state index in [-0.39, 0.29) is 0 Å². The number of hydrogen-bond acceptors (Lipinski definition) is 3. The fraction of sp³-hybridized carbons (Fsp3) is 0.429. The van der Waals surface area contributed by atoms with Crippen LogP contribution in [0.4, 0.5) is 0 Å². The third-order valence-corrected chi connectivity index (χ3v) is 3.65. The van der Waals surface area contributed by atoms with E-state index in [0.29, 0.717) is 18.4 Å². The van der Waals surface area contributed by atoms with Crippen LogP contribution < -0.4 is 14.8 Å². The molecule has 0 aromatic heterocycles. The molecule has 1 saturated carbocycles. The lowest BCUT2D eigenvalue weighted by molar-refractivity contribution is 0.322. The van der Waals surface area contributed by atoms with E-state index in [9.17, 15) is 0 Å². The molecule has 1 aromatic rings. The average molecular weight is 391 g/mol. The fourth-order valence-electron chi connectivity index (χ4n) is 1.72. The normalized spacial score (nSPS) is 14.3. The molecule has 0 saturated heterocycles. The largest absolute Gasteiger partial charge is 0.493 e. The van der Waals surface area contributed by atoms with Crippen molar-refractivity contribution >= 4 is 31.9 Å². The molecule has 104 valence electrons. The Balaban J connectivity index is 2.10. The topological polar surface area (TPSA) is 30.5 Å². The predicted octanol–water partition coefficient (Wildman–Crippen LogP) is 4.00. The van der Waals surface area contributed by atoms with E-state index in [2.05, 4.69) is 49.8 Å². The first-order chi connectivity index (χ1) is 9.10. The van der Waals surface area contributed by atoms with E-state index in [1.54, 1.807) is 7.11 Å². The maximum absolute atomic E-state index is 5.67. The van der Waals surface area contributed by atoms with Crippen molar-refractivity contribution in [3.8, 4) is 11.5 Å². The summed E-state index contributed by atoms with van der Waals surface area (Å²) in [6, 6.07) is 4.76. The van der Waals surface area contributed by atoms with Crippen LogP contribution in [0.1, 0.15) is 18.4 Å². The molecule has 1 aliphatic rings. The van der Waals surface area contributed by atoms with E-state index < -0.39 is 0 Å². The predicted molar refractivity (Wildman–Crippen MR) is 84.1 cm³/mol. The molecule has 0 spiro atoms. The van der Waals surface area contributed by atoms with Gasteiger partial charge in [-0.05, 0) is 46.5 Å². The Bertz CT molecular complexity index is 473. The quantitative estimate of drug-likeness (QED) is 0.763. The van der Waals surface area contributed by atoms with Gasteiger partial charge in [-0.2, -0.15) is 0 Å². The SMILES string of the molecule is C=C(Br)COc1c(Br)cc(CNC2CC2)cc1OC. The molecule has 0 bridgehead atoms. The first kappa shape index (κ1) is 14.9. The lowest BCUT2D eigenvalue weighted by Crippen LogP contribution is -2.15. The van der Waals surface area contributed by atoms with Gasteiger partial charge in [0.1, 0.15) is 6.61 Å². The summed E-state index contributed by atoms with van der Waals surface area (Å²) in [5.41, 5.74) is 1.18. The van der Waals surface area contributed by atoms with Crippen molar-refractivity contribution < 1.29 is 9.47 Å². The van der Waals surface area contributed by atoms with Crippen molar-refractivity contribution in [2.24, 2.45) is 0 Å². The van der Waals surface area contributed by atoms with Gasteiger partial charge in [0.05, 0.1) is 11.6 Å². The first-order valence-electron chi connectivity index (χ1n) is 6.16. The molecule has 2 rings (SSSR count). The highest BCUT2D eigenvalue weighted by atomic mass is 79.9. The Morgan fingerprint density at radius 2 is 2.21 bits per heavy atom. The third-order valence-electron chi connectivity index (χ3n) is 2.83. The van der Waals surface area contributed by atoms with Crippen LogP contribution in [0.25, 0.3) is 0 Å². The zero-order valence-corrected chi connectivity index (χ0v) is 14.0. The highest BCUT2D eigenvalue weighted by Crippen LogP contribution is 2.37. The smallest absolute Gasteiger partial charge is 0.175 e. The molecule has 0 amide bonds. The summed E-state index contributed by atoms with van der Waals surface area (Å²) in [5.74, 6) is 1.44. The number of rotatable bonds is 7. The minimum Gasteiger partial charge on any atom is -0.493 e. The molecule has 0 heterocycles. The number of halogens is 2. The summed E-state index contributed by atoms with van der Waals surface area (Å²) < 4.78 is 12.8. The fourth-order valence-corrected chi connectivity index (χ4v) is 2.43. The summed E-state index contributed by atoms with van der Waals surface area (Å²) in [6.07, 6.45) is 2.57. The summed E-state index contributed by atoms with van der Waals surface area (Å²) in [5, 5.41) is 3.48. The Kier molecular flexibility index (Phi) is 5.30. The minimum absolute atomic E-state index is 0.411. The van der Waals surface area contributed by atoms with Crippen molar-refractivity contribution in [2.75, 3.05) is 13.7 Å². The van der Waals surface area contributed by atoms with Gasteiger partial charge in [0.2, 0.25) is 0 Å². The number of hydrogen-bond donors (Lipinski definition) is 1. The van der Waals surface area contributed by atoms with Crippen LogP contribution in [0.3, 0.4) is 0 Å². The van der Waals surface area contributed by atoms with Crippen molar-refractivity contribution in [2.45, 2.75) is 25.4 Å². The second kappa shape index (κ2) is 6.77. The van der Waals surface area contributed by atoms with Gasteiger partial charge in [-0.15, -0.1) is 0 Å². The van der Waals surface area contributed by atoms with Gasteiger partial charge in [-0.1, -0.05) is 22.5 Å². The van der Waals surface area contributed by atoms with Crippen LogP contribution >= 0.6 is 31.9 Å². The molecule has 0 atom stereocenters. The summed E-state index contributed by atoms with van der Waals surface area (Å²) >= 11 is 6.81. The highest BCUT2D eigenvalue weighted by molar-refractivity contribution is 9.11. The molecule has 1 fully saturated rings. The van der Waals surface area contributed by atoms with Crippen LogP contribution in [-0.2, 0) is 6.54 Å². The van der Waals surface area contributed by atoms with E-state index in [0.717, 1.165) is 21.2 Å². The Labute approximate surface area is 130 Å². The number of benzene rings is 1. The first-order valence-corrected chi connectivity index (χ1v) is 7.74. The Morgan fingerprint density at radius 3 is 2.79 bits per heavy atom. The van der Waals surface area contributed by atoms with Crippen molar-refractivity contribution in [3.05, 3.63) is 33.2 Å². The molecule has 5 heteroatoms. The van der Waals surface area contributed by atoms with Gasteiger partial charge in [-0.25, -0.2) is 0 Å². The van der Waals surface area contributed by atoms with E-state index >= 15 is 0 Å². The Hall–Kier alpha value is -0.520. The second-order valence-corrected chi connectivity index (χ2v) is 6.55. The lowest BCUT2D eigenvalue weighted by atomic mass is 10.2. The Morgan fingerprint density at radius 1 is 1.47 bits per heavy atom. The summed E-state index contributed by atoms with van der Waals surface area (Å²) in [6.45, 7) is 5.02. The average Bonchev–Trinajstić information content (AvgIpc) is 3.18. The van der Waals surface area contributed by atoms with Crippen molar-refractivity contribution in [1.82, 2.24) is 5.32 Å². The van der Waals surface area contributed by atoms with Gasteiger partial charge in [0.25, 0.3) is 0 Å². The molecule has 0 radical (unpaired) electrons. The van der Waals surface area contributed by atoms with Gasteiger partial charge < -0.3 is 14.8 Å². The maximum Gasteiger partial charge on any atom is 0.175 e. The molecular weight excluding hydrogens is 374 g/mol. The maximum atomic E-state index is 5.67. The van der Waals surface area contributed by atoms with Gasteiger partial charge in [0, 0.05) is 17.1 Å². The van der Waals surface area contributed by atoms with Crippen LogP contribution in [0, 0.1) is 0 Å². The molecule has 19 heavy (non-hydrogen) atoms. The lowest BCUT2D eigenvalue weighted by Gasteiger charge is -2.14. The summed E-state index contributed by atoms with van der Waals surface area (Å²) in [4.78, 5) is 0. The van der Waals surface area contributed by atoms with E-state index in [1.165, 1.54) is 18.4 Å². The number of methoxy groups -OCH3 is 1. The highest BCUT2D eigenvalue weighted by Gasteiger charge is 2.20. The van der Waals surface area contributed by atoms with E-state index in [1.807, 2.05) is 6.07 Å². The zero-order valence-electron chi connectivity index (χ0n) is 10.8. The monoisotopic (exact) mass is 389 g/mol. The van der Waals surface area contributed by atoms with Crippen molar-refractivity contribution in [1.29, 1.82) is 0 Å². The number of nitrogens with one attached hydrogen (secondary N) is 1. The minimum atomic E-state index is 0.411. The second-order valence-electron chi connectivity index (χ2n) is 4.57. The van der Waals surface area contributed by atoms with Gasteiger partial charge in [0.15, 0.2) is 11.5 Å².